The number of hydrogen-bond donors (Lipinski definition) is 1. The Bertz CT molecular complexity index is 1030. The van der Waals surface area contributed by atoms with Crippen molar-refractivity contribution in [2.45, 2.75) is 50.7 Å². The van der Waals surface area contributed by atoms with Gasteiger partial charge in [0.15, 0.2) is 6.10 Å². The van der Waals surface area contributed by atoms with Gasteiger partial charge in [-0.15, -0.1) is 0 Å². The maximum Gasteiger partial charge on any atom is 0.253 e. The van der Waals surface area contributed by atoms with Crippen molar-refractivity contribution in [1.29, 1.82) is 0 Å². The van der Waals surface area contributed by atoms with Crippen LogP contribution in [0.1, 0.15) is 55.8 Å². The van der Waals surface area contributed by atoms with E-state index in [0.717, 1.165) is 42.1 Å². The van der Waals surface area contributed by atoms with E-state index in [1.807, 2.05) is 42.6 Å². The van der Waals surface area contributed by atoms with E-state index in [-0.39, 0.29) is 17.8 Å². The first-order chi connectivity index (χ1) is 15.1. The first kappa shape index (κ1) is 21.4. The van der Waals surface area contributed by atoms with Crippen molar-refractivity contribution in [3.05, 3.63) is 77.7 Å². The summed E-state index contributed by atoms with van der Waals surface area (Å²) in [5, 5.41) is 4.08. The number of methoxy groups -OCH3 is 1. The average molecular weight is 421 g/mol. The molecule has 1 aliphatic carbocycles. The molecule has 1 unspecified atom stereocenters. The van der Waals surface area contributed by atoms with Crippen LogP contribution in [-0.2, 0) is 9.53 Å². The molecule has 162 valence electrons. The smallest absolute Gasteiger partial charge is 0.253 e. The lowest BCUT2D eigenvalue weighted by Gasteiger charge is -2.33. The molecule has 5 heteroatoms. The number of nitrogens with one attached hydrogen (secondary N) is 1. The molecule has 0 aliphatic heterocycles. The van der Waals surface area contributed by atoms with Gasteiger partial charge < -0.3 is 10.1 Å². The first-order valence-corrected chi connectivity index (χ1v) is 11.0. The van der Waals surface area contributed by atoms with Gasteiger partial charge in [0.2, 0.25) is 0 Å². The molecule has 4 nitrogen and oxygen atoms in total. The summed E-state index contributed by atoms with van der Waals surface area (Å²) in [5.74, 6) is 0.484. The number of rotatable bonds is 6. The molecule has 3 aromatic rings. The maximum atomic E-state index is 13.8. The fourth-order valence-corrected chi connectivity index (χ4v) is 4.87. The highest BCUT2D eigenvalue weighted by Gasteiger charge is 2.29. The lowest BCUT2D eigenvalue weighted by atomic mass is 9.75. The van der Waals surface area contributed by atoms with Gasteiger partial charge in [-0.2, -0.15) is 0 Å². The van der Waals surface area contributed by atoms with E-state index in [4.69, 9.17) is 4.74 Å². The zero-order valence-electron chi connectivity index (χ0n) is 18.1. The topological polar surface area (TPSA) is 51.2 Å². The Hall–Kier alpha value is -2.79. The summed E-state index contributed by atoms with van der Waals surface area (Å²) in [4.78, 5) is 17.2. The number of amides is 1. The highest BCUT2D eigenvalue weighted by molar-refractivity contribution is 5.83. The zero-order valence-corrected chi connectivity index (χ0v) is 18.1. The van der Waals surface area contributed by atoms with E-state index in [1.54, 1.807) is 19.2 Å². The Labute approximate surface area is 182 Å². The predicted octanol–water partition coefficient (Wildman–Crippen LogP) is 5.54. The lowest BCUT2D eigenvalue weighted by molar-refractivity contribution is -0.132. The van der Waals surface area contributed by atoms with Crippen molar-refractivity contribution >= 4 is 16.8 Å². The predicted molar refractivity (Wildman–Crippen MR) is 120 cm³/mol. The van der Waals surface area contributed by atoms with E-state index >= 15 is 0 Å². The number of benzene rings is 2. The Morgan fingerprint density at radius 2 is 1.84 bits per heavy atom. The molecule has 1 amide bonds. The van der Waals surface area contributed by atoms with Crippen LogP contribution in [0.15, 0.2) is 60.8 Å². The fourth-order valence-electron chi connectivity index (χ4n) is 4.87. The highest BCUT2D eigenvalue weighted by atomic mass is 19.1. The van der Waals surface area contributed by atoms with Crippen molar-refractivity contribution in [3.8, 4) is 0 Å². The molecule has 0 bridgehead atoms. The summed E-state index contributed by atoms with van der Waals surface area (Å²) in [7, 11) is 1.56. The molecule has 4 rings (SSSR count). The second kappa shape index (κ2) is 9.56. The van der Waals surface area contributed by atoms with Crippen LogP contribution in [0, 0.1) is 11.7 Å². The monoisotopic (exact) mass is 420 g/mol. The minimum absolute atomic E-state index is 0.0708. The van der Waals surface area contributed by atoms with Crippen LogP contribution < -0.4 is 5.32 Å². The van der Waals surface area contributed by atoms with Crippen molar-refractivity contribution in [3.63, 3.8) is 0 Å². The molecular formula is C26H29FN2O2. The molecule has 1 aliphatic rings. The molecule has 1 aromatic heterocycles. The molecule has 2 aromatic carbocycles. The van der Waals surface area contributed by atoms with Crippen LogP contribution >= 0.6 is 0 Å². The number of carbonyl (C=O) groups is 1. The van der Waals surface area contributed by atoms with Gasteiger partial charge >= 0.3 is 0 Å². The molecule has 1 fully saturated rings. The Morgan fingerprint density at radius 3 is 2.55 bits per heavy atom. The normalized spacial score (nSPS) is 20.9. The standard InChI is InChI=1S/C26H29FN2O2/c1-17(29-26(30)25(31-2)20-6-4-3-5-7-20)18-8-10-19(11-9-18)22-14-15-28-24-13-12-21(27)16-23(22)24/h3-7,12-19,25H,8-11H2,1-2H3,(H,29,30)/t17-,18?,19?,25?/m1/s1. The van der Waals surface area contributed by atoms with Crippen LogP contribution in [0.3, 0.4) is 0 Å². The minimum Gasteiger partial charge on any atom is -0.367 e. The van der Waals surface area contributed by atoms with Gasteiger partial charge in [0, 0.05) is 24.7 Å². The molecule has 2 atom stereocenters. The van der Waals surface area contributed by atoms with E-state index in [1.165, 1.54) is 11.6 Å². The molecule has 0 saturated heterocycles. The van der Waals surface area contributed by atoms with Gasteiger partial charge in [-0.3, -0.25) is 9.78 Å². The van der Waals surface area contributed by atoms with Gasteiger partial charge in [0.25, 0.3) is 5.91 Å². The maximum absolute atomic E-state index is 13.8. The fraction of sp³-hybridized carbons (Fsp3) is 0.385. The number of hydrogen-bond acceptors (Lipinski definition) is 3. The second-order valence-corrected chi connectivity index (χ2v) is 8.50. The summed E-state index contributed by atoms with van der Waals surface area (Å²) in [5.41, 5.74) is 2.88. The number of halogens is 1. The number of aromatic nitrogens is 1. The molecule has 31 heavy (non-hydrogen) atoms. The highest BCUT2D eigenvalue weighted by Crippen LogP contribution is 2.39. The van der Waals surface area contributed by atoms with Crippen LogP contribution in [0.4, 0.5) is 4.39 Å². The summed E-state index contributed by atoms with van der Waals surface area (Å²) >= 11 is 0. The molecular weight excluding hydrogens is 391 g/mol. The third-order valence-electron chi connectivity index (χ3n) is 6.60. The zero-order chi connectivity index (χ0) is 21.8. The number of ether oxygens (including phenoxy) is 1. The number of carbonyl (C=O) groups excluding carboxylic acids is 1. The van der Waals surface area contributed by atoms with Crippen LogP contribution in [0.25, 0.3) is 10.9 Å². The van der Waals surface area contributed by atoms with Crippen molar-refractivity contribution in [2.24, 2.45) is 5.92 Å². The van der Waals surface area contributed by atoms with E-state index < -0.39 is 6.10 Å². The summed E-state index contributed by atoms with van der Waals surface area (Å²) in [6.45, 7) is 2.08. The van der Waals surface area contributed by atoms with Crippen LogP contribution in [0.5, 0.6) is 0 Å². The van der Waals surface area contributed by atoms with Gasteiger partial charge in [-0.05, 0) is 79.8 Å². The third-order valence-corrected chi connectivity index (χ3v) is 6.60. The number of fused-ring (bicyclic) bond motifs is 1. The van der Waals surface area contributed by atoms with E-state index in [9.17, 15) is 9.18 Å². The van der Waals surface area contributed by atoms with Gasteiger partial charge in [-0.25, -0.2) is 4.39 Å². The Morgan fingerprint density at radius 1 is 1.10 bits per heavy atom. The Kier molecular flexibility index (Phi) is 6.62. The molecule has 0 spiro atoms. The minimum atomic E-state index is -0.599. The third kappa shape index (κ3) is 4.77. The quantitative estimate of drug-likeness (QED) is 0.570. The molecule has 1 saturated carbocycles. The van der Waals surface area contributed by atoms with Crippen molar-refractivity contribution < 1.29 is 13.9 Å². The van der Waals surface area contributed by atoms with Crippen molar-refractivity contribution in [2.75, 3.05) is 7.11 Å². The van der Waals surface area contributed by atoms with E-state index in [0.29, 0.717) is 11.8 Å². The SMILES string of the molecule is COC(C(=O)N[C@H](C)C1CCC(c2ccnc3ccc(F)cc23)CC1)c1ccccc1. The largest absolute Gasteiger partial charge is 0.367 e. The lowest BCUT2D eigenvalue weighted by Crippen LogP contribution is -2.42. The molecule has 1 N–H and O–H groups in total. The summed E-state index contributed by atoms with van der Waals surface area (Å²) < 4.78 is 19.3. The Balaban J connectivity index is 1.39. The summed E-state index contributed by atoms with van der Waals surface area (Å²) in [6, 6.07) is 16.5. The van der Waals surface area contributed by atoms with Gasteiger partial charge in [0.05, 0.1) is 5.52 Å². The van der Waals surface area contributed by atoms with Crippen LogP contribution in [-0.4, -0.2) is 24.0 Å². The van der Waals surface area contributed by atoms with Gasteiger partial charge in [-0.1, -0.05) is 30.3 Å². The molecule has 1 heterocycles. The van der Waals surface area contributed by atoms with Crippen molar-refractivity contribution in [1.82, 2.24) is 10.3 Å². The number of nitrogens with zero attached hydrogens (tertiary/aromatic N) is 1. The summed E-state index contributed by atoms with van der Waals surface area (Å²) in [6.07, 6.45) is 5.30. The van der Waals surface area contributed by atoms with Crippen LogP contribution in [0.2, 0.25) is 0 Å². The van der Waals surface area contributed by atoms with E-state index in [2.05, 4.69) is 17.2 Å². The van der Waals surface area contributed by atoms with Gasteiger partial charge in [0.1, 0.15) is 5.82 Å². The average Bonchev–Trinajstić information content (AvgIpc) is 2.80. The molecule has 0 radical (unpaired) electrons. The number of pyridine rings is 1. The second-order valence-electron chi connectivity index (χ2n) is 8.50. The first-order valence-electron chi connectivity index (χ1n) is 11.0.